The molecule has 9 heteroatoms. The Bertz CT molecular complexity index is 762. The van der Waals surface area contributed by atoms with Gasteiger partial charge in [-0.25, -0.2) is 4.79 Å². The summed E-state index contributed by atoms with van der Waals surface area (Å²) in [5.74, 6) is 0.749. The minimum absolute atomic E-state index is 0.146. The molecule has 1 atom stereocenters. The van der Waals surface area contributed by atoms with Crippen LogP contribution in [0.4, 0.5) is 4.79 Å². The summed E-state index contributed by atoms with van der Waals surface area (Å²) in [7, 11) is 0. The van der Waals surface area contributed by atoms with Crippen molar-refractivity contribution in [1.82, 2.24) is 20.4 Å². The molecular weight excluding hydrogens is 344 g/mol. The van der Waals surface area contributed by atoms with Crippen LogP contribution in [-0.2, 0) is 11.4 Å². The molecule has 1 N–H and O–H groups in total. The molecule has 1 aliphatic heterocycles. The first-order valence-corrected chi connectivity index (χ1v) is 8.68. The number of carbonyl (C=O) groups excluding carboxylic acids is 2. The SMILES string of the molecule is Cc1ccc(OCc2nnc(SC(C)C(=O)N3CCNC3=O)o2)cc1. The van der Waals surface area contributed by atoms with Crippen molar-refractivity contribution in [2.75, 3.05) is 13.1 Å². The van der Waals surface area contributed by atoms with Crippen LogP contribution in [0.15, 0.2) is 33.9 Å². The molecule has 1 unspecified atom stereocenters. The molecule has 1 aromatic heterocycles. The van der Waals surface area contributed by atoms with Gasteiger partial charge in [-0.3, -0.25) is 9.69 Å². The molecule has 0 saturated carbocycles. The fourth-order valence-corrected chi connectivity index (χ4v) is 2.99. The number of thioether (sulfide) groups is 1. The Balaban J connectivity index is 1.53. The van der Waals surface area contributed by atoms with Gasteiger partial charge in [0.05, 0.1) is 5.25 Å². The van der Waals surface area contributed by atoms with Crippen LogP contribution < -0.4 is 10.1 Å². The van der Waals surface area contributed by atoms with Crippen molar-refractivity contribution in [3.8, 4) is 5.75 Å². The second-order valence-corrected chi connectivity index (χ2v) is 6.84. The van der Waals surface area contributed by atoms with E-state index in [4.69, 9.17) is 9.15 Å². The number of aromatic nitrogens is 2. The van der Waals surface area contributed by atoms with Crippen molar-refractivity contribution in [2.24, 2.45) is 0 Å². The van der Waals surface area contributed by atoms with Gasteiger partial charge < -0.3 is 14.5 Å². The zero-order valence-electron chi connectivity index (χ0n) is 13.9. The summed E-state index contributed by atoms with van der Waals surface area (Å²) in [6, 6.07) is 7.26. The minimum Gasteiger partial charge on any atom is -0.484 e. The molecule has 1 saturated heterocycles. The number of benzene rings is 1. The lowest BCUT2D eigenvalue weighted by molar-refractivity contribution is -0.126. The maximum Gasteiger partial charge on any atom is 0.324 e. The fraction of sp³-hybridized carbons (Fsp3) is 0.375. The number of nitrogens with one attached hydrogen (secondary N) is 1. The van der Waals surface area contributed by atoms with Crippen LogP contribution in [-0.4, -0.2) is 45.4 Å². The van der Waals surface area contributed by atoms with Crippen LogP contribution in [0.1, 0.15) is 18.4 Å². The summed E-state index contributed by atoms with van der Waals surface area (Å²) in [5, 5.41) is 10.2. The van der Waals surface area contributed by atoms with E-state index in [2.05, 4.69) is 15.5 Å². The Morgan fingerprint density at radius 1 is 1.40 bits per heavy atom. The molecule has 132 valence electrons. The number of imide groups is 1. The van der Waals surface area contributed by atoms with Gasteiger partial charge in [-0.2, -0.15) is 0 Å². The van der Waals surface area contributed by atoms with Gasteiger partial charge >= 0.3 is 6.03 Å². The number of hydrogen-bond acceptors (Lipinski definition) is 7. The number of carbonyl (C=O) groups is 2. The summed E-state index contributed by atoms with van der Waals surface area (Å²) in [5.41, 5.74) is 1.15. The third kappa shape index (κ3) is 4.30. The van der Waals surface area contributed by atoms with Gasteiger partial charge in [-0.1, -0.05) is 29.5 Å². The van der Waals surface area contributed by atoms with Crippen LogP contribution in [0.25, 0.3) is 0 Å². The second kappa shape index (κ2) is 7.56. The lowest BCUT2D eigenvalue weighted by Crippen LogP contribution is -2.38. The first-order chi connectivity index (χ1) is 12.0. The van der Waals surface area contributed by atoms with Gasteiger partial charge in [-0.05, 0) is 26.0 Å². The van der Waals surface area contributed by atoms with Crippen LogP contribution >= 0.6 is 11.8 Å². The number of hydrogen-bond donors (Lipinski definition) is 1. The van der Waals surface area contributed by atoms with Crippen molar-refractivity contribution in [2.45, 2.75) is 30.9 Å². The van der Waals surface area contributed by atoms with E-state index in [0.717, 1.165) is 17.3 Å². The van der Waals surface area contributed by atoms with Crippen molar-refractivity contribution in [3.63, 3.8) is 0 Å². The van der Waals surface area contributed by atoms with Gasteiger partial charge in [0.15, 0.2) is 6.61 Å². The Morgan fingerprint density at radius 3 is 2.84 bits per heavy atom. The Morgan fingerprint density at radius 2 is 2.16 bits per heavy atom. The third-order valence-electron chi connectivity index (χ3n) is 3.58. The van der Waals surface area contributed by atoms with Crippen LogP contribution in [0, 0.1) is 6.92 Å². The van der Waals surface area contributed by atoms with Crippen molar-refractivity contribution in [1.29, 1.82) is 0 Å². The maximum absolute atomic E-state index is 12.2. The molecule has 0 radical (unpaired) electrons. The highest BCUT2D eigenvalue weighted by Gasteiger charge is 2.31. The standard InChI is InChI=1S/C16H18N4O4S/c1-10-3-5-12(6-4-10)23-9-13-18-19-16(24-13)25-11(2)14(21)20-8-7-17-15(20)22/h3-6,11H,7-9H2,1-2H3,(H,17,22). The van der Waals surface area contributed by atoms with Gasteiger partial charge in [0.1, 0.15) is 5.75 Å². The van der Waals surface area contributed by atoms with E-state index in [1.54, 1.807) is 6.92 Å². The monoisotopic (exact) mass is 362 g/mol. The Kier molecular flexibility index (Phi) is 5.22. The van der Waals surface area contributed by atoms with Crippen molar-refractivity contribution < 1.29 is 18.7 Å². The van der Waals surface area contributed by atoms with Gasteiger partial charge in [0.25, 0.3) is 11.1 Å². The summed E-state index contributed by atoms with van der Waals surface area (Å²) < 4.78 is 11.1. The topological polar surface area (TPSA) is 97.6 Å². The smallest absolute Gasteiger partial charge is 0.324 e. The lowest BCUT2D eigenvalue weighted by atomic mass is 10.2. The molecule has 0 spiro atoms. The Hall–Kier alpha value is -2.55. The third-order valence-corrected chi connectivity index (χ3v) is 4.50. The summed E-state index contributed by atoms with van der Waals surface area (Å²) in [6.07, 6.45) is 0. The number of aryl methyl sites for hydroxylation is 1. The van der Waals surface area contributed by atoms with Crippen LogP contribution in [0.2, 0.25) is 0 Å². The van der Waals surface area contributed by atoms with E-state index < -0.39 is 5.25 Å². The highest BCUT2D eigenvalue weighted by atomic mass is 32.2. The van der Waals surface area contributed by atoms with Gasteiger partial charge in [-0.15, -0.1) is 10.2 Å². The zero-order valence-corrected chi connectivity index (χ0v) is 14.7. The number of urea groups is 1. The van der Waals surface area contributed by atoms with Gasteiger partial charge in [0.2, 0.25) is 5.91 Å². The number of amides is 3. The second-order valence-electron chi connectivity index (χ2n) is 5.55. The fourth-order valence-electron chi connectivity index (χ4n) is 2.23. The molecule has 8 nitrogen and oxygen atoms in total. The van der Waals surface area contributed by atoms with E-state index in [-0.39, 0.29) is 23.8 Å². The quantitative estimate of drug-likeness (QED) is 0.785. The summed E-state index contributed by atoms with van der Waals surface area (Å²) in [4.78, 5) is 25.0. The first-order valence-electron chi connectivity index (χ1n) is 7.80. The Labute approximate surface area is 148 Å². The molecule has 0 bridgehead atoms. The first kappa shape index (κ1) is 17.3. The molecule has 3 amide bonds. The number of nitrogens with zero attached hydrogens (tertiary/aromatic N) is 3. The van der Waals surface area contributed by atoms with E-state index in [0.29, 0.717) is 24.7 Å². The molecule has 0 aliphatic carbocycles. The number of rotatable bonds is 6. The van der Waals surface area contributed by atoms with E-state index in [9.17, 15) is 9.59 Å². The average Bonchev–Trinajstić information content (AvgIpc) is 3.22. The maximum atomic E-state index is 12.2. The molecule has 2 aromatic rings. The predicted molar refractivity (Wildman–Crippen MR) is 90.2 cm³/mol. The number of ether oxygens (including phenoxy) is 1. The highest BCUT2D eigenvalue weighted by molar-refractivity contribution is 8.00. The normalized spacial score (nSPS) is 15.1. The summed E-state index contributed by atoms with van der Waals surface area (Å²) >= 11 is 1.12. The predicted octanol–water partition coefficient (Wildman–Crippen LogP) is 1.99. The molecule has 1 fully saturated rings. The van der Waals surface area contributed by atoms with Crippen molar-refractivity contribution >= 4 is 23.7 Å². The molecule has 3 rings (SSSR count). The molecule has 25 heavy (non-hydrogen) atoms. The average molecular weight is 362 g/mol. The van der Waals surface area contributed by atoms with E-state index >= 15 is 0 Å². The minimum atomic E-state index is -0.504. The highest BCUT2D eigenvalue weighted by Crippen LogP contribution is 2.24. The molecule has 1 aromatic carbocycles. The molecule has 1 aliphatic rings. The molecule has 2 heterocycles. The summed E-state index contributed by atoms with van der Waals surface area (Å²) in [6.45, 7) is 4.70. The van der Waals surface area contributed by atoms with E-state index in [1.165, 1.54) is 4.90 Å². The van der Waals surface area contributed by atoms with Crippen LogP contribution in [0.3, 0.4) is 0 Å². The van der Waals surface area contributed by atoms with E-state index in [1.807, 2.05) is 31.2 Å². The van der Waals surface area contributed by atoms with Crippen LogP contribution in [0.5, 0.6) is 5.75 Å². The zero-order chi connectivity index (χ0) is 17.8. The molecular formula is C16H18N4O4S. The van der Waals surface area contributed by atoms with Crippen molar-refractivity contribution in [3.05, 3.63) is 35.7 Å². The lowest BCUT2D eigenvalue weighted by Gasteiger charge is -2.15. The largest absolute Gasteiger partial charge is 0.484 e. The van der Waals surface area contributed by atoms with Gasteiger partial charge in [0, 0.05) is 13.1 Å².